The summed E-state index contributed by atoms with van der Waals surface area (Å²) in [5, 5.41) is 2.93. The average Bonchev–Trinajstić information content (AvgIpc) is 3.11. The highest BCUT2D eigenvalue weighted by Gasteiger charge is 2.43. The van der Waals surface area contributed by atoms with Crippen molar-refractivity contribution < 1.29 is 14.3 Å². The summed E-state index contributed by atoms with van der Waals surface area (Å²) in [6, 6.07) is 5.82. The fourth-order valence-corrected chi connectivity index (χ4v) is 4.30. The molecule has 6 heteroatoms. The Hall–Kier alpha value is -1.56. The minimum Gasteiger partial charge on any atom is -0.492 e. The largest absolute Gasteiger partial charge is 0.492 e. The van der Waals surface area contributed by atoms with E-state index in [0.717, 1.165) is 48.3 Å². The van der Waals surface area contributed by atoms with Crippen LogP contribution in [0.25, 0.3) is 0 Å². The molecule has 0 aliphatic carbocycles. The number of halogens is 1. The van der Waals surface area contributed by atoms with Gasteiger partial charge in [-0.2, -0.15) is 0 Å². The third-order valence-corrected chi connectivity index (χ3v) is 5.88. The van der Waals surface area contributed by atoms with Gasteiger partial charge in [0.25, 0.3) is 0 Å². The number of carbonyl (C=O) groups excluding carboxylic acids is 2. The molecule has 0 radical (unpaired) electrons. The second-order valence-corrected chi connectivity index (χ2v) is 7.74. The first-order chi connectivity index (χ1) is 11.1. The molecule has 23 heavy (non-hydrogen) atoms. The van der Waals surface area contributed by atoms with E-state index in [-0.39, 0.29) is 23.1 Å². The van der Waals surface area contributed by atoms with Crippen molar-refractivity contribution in [3.05, 3.63) is 28.2 Å². The number of fused-ring (bicyclic) bond motifs is 1. The Bertz CT molecular complexity index is 668. The molecule has 5 nitrogen and oxygen atoms in total. The highest BCUT2D eigenvalue weighted by Crippen LogP contribution is 2.40. The molecule has 0 bridgehead atoms. The molecular formula is C17H19BrN2O3. The number of hydrogen-bond donors (Lipinski definition) is 1. The first-order valence-corrected chi connectivity index (χ1v) is 8.83. The second-order valence-electron chi connectivity index (χ2n) is 6.82. The van der Waals surface area contributed by atoms with Gasteiger partial charge in [0.15, 0.2) is 0 Å². The van der Waals surface area contributed by atoms with E-state index < -0.39 is 0 Å². The Labute approximate surface area is 143 Å². The predicted molar refractivity (Wildman–Crippen MR) is 88.3 cm³/mol. The van der Waals surface area contributed by atoms with Crippen molar-refractivity contribution in [3.8, 4) is 5.75 Å². The molecule has 1 atom stereocenters. The number of likely N-dealkylation sites (tertiary alicyclic amines) is 1. The van der Waals surface area contributed by atoms with E-state index in [4.69, 9.17) is 4.74 Å². The molecular weight excluding hydrogens is 360 g/mol. The number of ether oxygens (including phenoxy) is 1. The highest BCUT2D eigenvalue weighted by molar-refractivity contribution is 9.10. The van der Waals surface area contributed by atoms with Crippen molar-refractivity contribution in [1.82, 2.24) is 10.2 Å². The summed E-state index contributed by atoms with van der Waals surface area (Å²) in [6.07, 6.45) is 2.41. The first-order valence-electron chi connectivity index (χ1n) is 8.04. The predicted octanol–water partition coefficient (Wildman–Crippen LogP) is 2.05. The molecule has 1 spiro atoms. The van der Waals surface area contributed by atoms with Crippen LogP contribution in [0.2, 0.25) is 0 Å². The molecule has 2 saturated heterocycles. The summed E-state index contributed by atoms with van der Waals surface area (Å²) in [6.45, 7) is 2.64. The van der Waals surface area contributed by atoms with Gasteiger partial charge in [0.05, 0.1) is 0 Å². The Kier molecular flexibility index (Phi) is 3.59. The van der Waals surface area contributed by atoms with Crippen molar-refractivity contribution in [2.75, 3.05) is 26.2 Å². The Morgan fingerprint density at radius 2 is 2.13 bits per heavy atom. The van der Waals surface area contributed by atoms with E-state index in [1.165, 1.54) is 0 Å². The summed E-state index contributed by atoms with van der Waals surface area (Å²) in [5.41, 5.74) is 1.04. The van der Waals surface area contributed by atoms with E-state index >= 15 is 0 Å². The third-order valence-electron chi connectivity index (χ3n) is 5.38. The fraction of sp³-hybridized carbons (Fsp3) is 0.529. The van der Waals surface area contributed by atoms with Gasteiger partial charge >= 0.3 is 0 Å². The van der Waals surface area contributed by atoms with E-state index in [2.05, 4.69) is 21.2 Å². The van der Waals surface area contributed by atoms with Crippen molar-refractivity contribution in [1.29, 1.82) is 0 Å². The maximum absolute atomic E-state index is 12.9. The summed E-state index contributed by atoms with van der Waals surface area (Å²) in [5.74, 6) is 0.896. The number of benzene rings is 1. The van der Waals surface area contributed by atoms with Gasteiger partial charge in [0.1, 0.15) is 18.3 Å². The smallest absolute Gasteiger partial charge is 0.233 e. The maximum Gasteiger partial charge on any atom is 0.233 e. The zero-order valence-corrected chi connectivity index (χ0v) is 14.4. The number of carbonyl (C=O) groups is 2. The molecule has 2 amide bonds. The minimum absolute atomic E-state index is 0.0704. The number of piperidine rings is 1. The SMILES string of the molecule is O=C1CC2(CCN(C(=O)C3COc4ccc(Br)cc43)CC2)CN1. The molecule has 3 aliphatic rings. The van der Waals surface area contributed by atoms with Crippen LogP contribution in [0.15, 0.2) is 22.7 Å². The van der Waals surface area contributed by atoms with E-state index in [0.29, 0.717) is 13.0 Å². The van der Waals surface area contributed by atoms with Crippen molar-refractivity contribution in [2.24, 2.45) is 5.41 Å². The molecule has 3 heterocycles. The lowest BCUT2D eigenvalue weighted by atomic mass is 9.77. The van der Waals surface area contributed by atoms with Crippen molar-refractivity contribution >= 4 is 27.7 Å². The normalized spacial score (nSPS) is 25.2. The van der Waals surface area contributed by atoms with Gasteiger partial charge in [0.2, 0.25) is 11.8 Å². The summed E-state index contributed by atoms with van der Waals surface area (Å²) in [7, 11) is 0. The fourth-order valence-electron chi connectivity index (χ4n) is 3.92. The molecule has 1 N–H and O–H groups in total. The van der Waals surface area contributed by atoms with Gasteiger partial charge in [-0.3, -0.25) is 9.59 Å². The zero-order valence-electron chi connectivity index (χ0n) is 12.8. The first kappa shape index (κ1) is 15.0. The molecule has 3 aliphatic heterocycles. The van der Waals surface area contributed by atoms with Crippen LogP contribution in [0.5, 0.6) is 5.75 Å². The Morgan fingerprint density at radius 3 is 2.83 bits per heavy atom. The highest BCUT2D eigenvalue weighted by atomic mass is 79.9. The van der Waals surface area contributed by atoms with E-state index in [1.807, 2.05) is 23.1 Å². The molecule has 1 unspecified atom stereocenters. The van der Waals surface area contributed by atoms with Crippen LogP contribution in [-0.2, 0) is 9.59 Å². The van der Waals surface area contributed by atoms with Crippen LogP contribution in [0.1, 0.15) is 30.7 Å². The number of rotatable bonds is 1. The van der Waals surface area contributed by atoms with Crippen LogP contribution < -0.4 is 10.1 Å². The van der Waals surface area contributed by atoms with Crippen LogP contribution in [0.3, 0.4) is 0 Å². The van der Waals surface area contributed by atoms with Gasteiger partial charge in [0, 0.05) is 36.1 Å². The van der Waals surface area contributed by atoms with E-state index in [9.17, 15) is 9.59 Å². The van der Waals surface area contributed by atoms with Gasteiger partial charge in [-0.15, -0.1) is 0 Å². The molecule has 0 saturated carbocycles. The Balaban J connectivity index is 1.46. The van der Waals surface area contributed by atoms with Crippen LogP contribution >= 0.6 is 15.9 Å². The minimum atomic E-state index is -0.208. The zero-order chi connectivity index (χ0) is 16.0. The van der Waals surface area contributed by atoms with Crippen molar-refractivity contribution in [2.45, 2.75) is 25.2 Å². The molecule has 4 rings (SSSR count). The number of amides is 2. The van der Waals surface area contributed by atoms with Gasteiger partial charge in [-0.1, -0.05) is 15.9 Å². The van der Waals surface area contributed by atoms with Gasteiger partial charge < -0.3 is 15.0 Å². The topological polar surface area (TPSA) is 58.6 Å². The summed E-state index contributed by atoms with van der Waals surface area (Å²) >= 11 is 3.46. The maximum atomic E-state index is 12.9. The van der Waals surface area contributed by atoms with Gasteiger partial charge in [-0.25, -0.2) is 0 Å². The molecule has 1 aromatic carbocycles. The molecule has 122 valence electrons. The van der Waals surface area contributed by atoms with Crippen LogP contribution in [0.4, 0.5) is 0 Å². The average molecular weight is 379 g/mol. The lowest BCUT2D eigenvalue weighted by Crippen LogP contribution is -2.45. The summed E-state index contributed by atoms with van der Waals surface area (Å²) in [4.78, 5) is 26.3. The number of hydrogen-bond acceptors (Lipinski definition) is 3. The summed E-state index contributed by atoms with van der Waals surface area (Å²) < 4.78 is 6.63. The lowest BCUT2D eigenvalue weighted by molar-refractivity contribution is -0.135. The second kappa shape index (κ2) is 5.51. The third kappa shape index (κ3) is 2.63. The lowest BCUT2D eigenvalue weighted by Gasteiger charge is -2.39. The van der Waals surface area contributed by atoms with E-state index in [1.54, 1.807) is 0 Å². The van der Waals surface area contributed by atoms with Crippen LogP contribution in [0, 0.1) is 5.41 Å². The number of nitrogens with zero attached hydrogens (tertiary/aromatic N) is 1. The Morgan fingerprint density at radius 1 is 1.35 bits per heavy atom. The molecule has 0 aromatic heterocycles. The van der Waals surface area contributed by atoms with Crippen molar-refractivity contribution in [3.63, 3.8) is 0 Å². The monoisotopic (exact) mass is 378 g/mol. The molecule has 1 aromatic rings. The van der Waals surface area contributed by atoms with Gasteiger partial charge in [-0.05, 0) is 36.5 Å². The quantitative estimate of drug-likeness (QED) is 0.813. The standard InChI is InChI=1S/C17H19BrN2O3/c18-11-1-2-14-12(7-11)13(9-23-14)16(22)20-5-3-17(4-6-20)8-15(21)19-10-17/h1-2,7,13H,3-6,8-10H2,(H,19,21). The molecule has 2 fully saturated rings. The van der Waals surface area contributed by atoms with Crippen LogP contribution in [-0.4, -0.2) is 43.0 Å². The number of nitrogens with one attached hydrogen (secondary N) is 1.